The highest BCUT2D eigenvalue weighted by atomic mass is 35.5. The minimum Gasteiger partial charge on any atom is -0.456 e. The van der Waals surface area contributed by atoms with Gasteiger partial charge in [-0.25, -0.2) is 13.4 Å². The number of halogens is 1. The van der Waals surface area contributed by atoms with Gasteiger partial charge in [-0.2, -0.15) is 0 Å². The van der Waals surface area contributed by atoms with Gasteiger partial charge >= 0.3 is 0 Å². The Balaban J connectivity index is 1.93. The van der Waals surface area contributed by atoms with E-state index >= 15 is 0 Å². The molecule has 0 saturated carbocycles. The summed E-state index contributed by atoms with van der Waals surface area (Å²) in [5.74, 6) is 0.479. The standard InChI is InChI=1S/C22H16ClNO4S/c23-22-17(5-3-11-24-22)20-18(12-25)16-4-1-2-6-19(16)28-21(20)15-9-7-14(8-10-15)13-29(26)27/h1-12,18,29H,13H2. The Morgan fingerprint density at radius 3 is 2.48 bits per heavy atom. The molecular weight excluding hydrogens is 410 g/mol. The number of fused-ring (bicyclic) bond motifs is 1. The van der Waals surface area contributed by atoms with E-state index in [0.29, 0.717) is 33.8 Å². The van der Waals surface area contributed by atoms with Crippen LogP contribution in [0.3, 0.4) is 0 Å². The highest BCUT2D eigenvalue weighted by molar-refractivity contribution is 7.71. The first-order valence-corrected chi connectivity index (χ1v) is 10.6. The van der Waals surface area contributed by atoms with Crippen molar-refractivity contribution in [3.05, 3.63) is 94.3 Å². The fraction of sp³-hybridized carbons (Fsp3) is 0.0909. The molecule has 0 amide bonds. The molecule has 3 aromatic rings. The number of thiol groups is 1. The number of pyridine rings is 1. The van der Waals surface area contributed by atoms with E-state index in [1.54, 1.807) is 42.6 Å². The highest BCUT2D eigenvalue weighted by Crippen LogP contribution is 2.46. The topological polar surface area (TPSA) is 73.3 Å². The summed E-state index contributed by atoms with van der Waals surface area (Å²) < 4.78 is 28.2. The van der Waals surface area contributed by atoms with Crippen molar-refractivity contribution in [2.45, 2.75) is 11.7 Å². The zero-order chi connectivity index (χ0) is 20.4. The Kier molecular flexibility index (Phi) is 5.47. The molecular formula is C22H16ClNO4S. The van der Waals surface area contributed by atoms with E-state index in [0.717, 1.165) is 11.8 Å². The summed E-state index contributed by atoms with van der Waals surface area (Å²) in [4.78, 5) is 16.3. The second kappa shape index (κ2) is 8.19. The molecule has 0 aliphatic carbocycles. The quantitative estimate of drug-likeness (QED) is 0.378. The fourth-order valence-corrected chi connectivity index (χ4v) is 4.17. The smallest absolute Gasteiger partial charge is 0.144 e. The van der Waals surface area contributed by atoms with Crippen LogP contribution in [0.25, 0.3) is 11.3 Å². The van der Waals surface area contributed by atoms with Crippen molar-refractivity contribution in [3.8, 4) is 5.75 Å². The van der Waals surface area contributed by atoms with E-state index in [2.05, 4.69) is 4.98 Å². The molecule has 4 rings (SSSR count). The third-order valence-corrected chi connectivity index (χ3v) is 5.66. The lowest BCUT2D eigenvalue weighted by atomic mass is 9.84. The minimum atomic E-state index is -2.51. The van der Waals surface area contributed by atoms with Gasteiger partial charge in [0.2, 0.25) is 0 Å². The van der Waals surface area contributed by atoms with E-state index < -0.39 is 16.6 Å². The lowest BCUT2D eigenvalue weighted by Gasteiger charge is -2.28. The van der Waals surface area contributed by atoms with Crippen LogP contribution in [0.4, 0.5) is 0 Å². The van der Waals surface area contributed by atoms with Crippen LogP contribution in [-0.2, 0) is 21.3 Å². The summed E-state index contributed by atoms with van der Waals surface area (Å²) in [6.07, 6.45) is 2.45. The molecule has 1 aliphatic heterocycles. The molecule has 2 heterocycles. The van der Waals surface area contributed by atoms with E-state index in [1.165, 1.54) is 0 Å². The molecule has 5 nitrogen and oxygen atoms in total. The van der Waals surface area contributed by atoms with Crippen LogP contribution in [0, 0.1) is 0 Å². The second-order valence-electron chi connectivity index (χ2n) is 6.53. The van der Waals surface area contributed by atoms with Gasteiger partial charge in [0.15, 0.2) is 0 Å². The Bertz CT molecular complexity index is 1180. The van der Waals surface area contributed by atoms with Gasteiger partial charge in [-0.15, -0.1) is 0 Å². The number of nitrogens with zero attached hydrogens (tertiary/aromatic N) is 1. The second-order valence-corrected chi connectivity index (χ2v) is 7.87. The molecule has 0 N–H and O–H groups in total. The number of hydrogen-bond donors (Lipinski definition) is 1. The Morgan fingerprint density at radius 2 is 1.79 bits per heavy atom. The third-order valence-electron chi connectivity index (χ3n) is 4.73. The third kappa shape index (κ3) is 3.81. The van der Waals surface area contributed by atoms with Crippen LogP contribution in [-0.4, -0.2) is 19.7 Å². The predicted molar refractivity (Wildman–Crippen MR) is 112 cm³/mol. The summed E-state index contributed by atoms with van der Waals surface area (Å²) in [5, 5.41) is 0.273. The van der Waals surface area contributed by atoms with E-state index in [4.69, 9.17) is 16.3 Å². The van der Waals surface area contributed by atoms with Crippen LogP contribution >= 0.6 is 11.6 Å². The average molecular weight is 426 g/mol. The molecule has 0 fully saturated rings. The number of rotatable bonds is 5. The van der Waals surface area contributed by atoms with Crippen molar-refractivity contribution < 1.29 is 17.9 Å². The van der Waals surface area contributed by atoms with Gasteiger partial charge in [0.25, 0.3) is 0 Å². The maximum Gasteiger partial charge on any atom is 0.144 e. The van der Waals surface area contributed by atoms with Crippen molar-refractivity contribution in [2.24, 2.45) is 0 Å². The van der Waals surface area contributed by atoms with Crippen molar-refractivity contribution in [2.75, 3.05) is 0 Å². The van der Waals surface area contributed by atoms with E-state index in [9.17, 15) is 13.2 Å². The zero-order valence-corrected chi connectivity index (χ0v) is 16.8. The average Bonchev–Trinajstić information content (AvgIpc) is 2.73. The number of para-hydroxylation sites is 1. The largest absolute Gasteiger partial charge is 0.456 e. The van der Waals surface area contributed by atoms with Crippen LogP contribution in [0.15, 0.2) is 66.9 Å². The monoisotopic (exact) mass is 425 g/mol. The fourth-order valence-electron chi connectivity index (χ4n) is 3.44. The molecule has 2 aromatic carbocycles. The van der Waals surface area contributed by atoms with Crippen molar-refractivity contribution >= 4 is 39.9 Å². The predicted octanol–water partition coefficient (Wildman–Crippen LogP) is 4.09. The zero-order valence-electron chi connectivity index (χ0n) is 15.1. The Hall–Kier alpha value is -2.96. The summed E-state index contributed by atoms with van der Waals surface area (Å²) >= 11 is 6.36. The molecule has 0 bridgehead atoms. The van der Waals surface area contributed by atoms with Crippen molar-refractivity contribution in [1.82, 2.24) is 4.98 Å². The maximum absolute atomic E-state index is 12.1. The molecule has 0 spiro atoms. The van der Waals surface area contributed by atoms with E-state index in [1.807, 2.05) is 24.3 Å². The van der Waals surface area contributed by atoms with Crippen molar-refractivity contribution in [3.63, 3.8) is 0 Å². The number of carbonyl (C=O) groups excluding carboxylic acids is 1. The minimum absolute atomic E-state index is 0.0311. The van der Waals surface area contributed by atoms with Gasteiger partial charge in [-0.05, 0) is 23.8 Å². The van der Waals surface area contributed by atoms with Gasteiger partial charge in [0, 0.05) is 28.5 Å². The van der Waals surface area contributed by atoms with Gasteiger partial charge in [-0.1, -0.05) is 54.1 Å². The van der Waals surface area contributed by atoms with Gasteiger partial charge < -0.3 is 9.53 Å². The Morgan fingerprint density at radius 1 is 1.03 bits per heavy atom. The maximum atomic E-state index is 12.1. The van der Waals surface area contributed by atoms with Crippen LogP contribution in [0.1, 0.15) is 28.2 Å². The number of ether oxygens (including phenoxy) is 1. The molecule has 0 saturated heterocycles. The summed E-state index contributed by atoms with van der Waals surface area (Å²) in [6.45, 7) is 0. The van der Waals surface area contributed by atoms with Crippen molar-refractivity contribution in [1.29, 1.82) is 0 Å². The number of hydrogen-bond acceptors (Lipinski definition) is 5. The molecule has 0 radical (unpaired) electrons. The SMILES string of the molecule is O=CC1C(c2cccnc2Cl)=C(c2ccc(C[SH](=O)=O)cc2)Oc2ccccc21. The molecule has 1 atom stereocenters. The molecule has 146 valence electrons. The van der Waals surface area contributed by atoms with E-state index in [-0.39, 0.29) is 10.9 Å². The summed E-state index contributed by atoms with van der Waals surface area (Å²) in [6, 6.07) is 17.9. The molecule has 1 aromatic heterocycles. The molecule has 1 aliphatic rings. The van der Waals surface area contributed by atoms with Crippen LogP contribution in [0.5, 0.6) is 5.75 Å². The van der Waals surface area contributed by atoms with Crippen LogP contribution < -0.4 is 4.74 Å². The Labute approximate surface area is 174 Å². The first-order valence-electron chi connectivity index (χ1n) is 8.86. The lowest BCUT2D eigenvalue weighted by molar-refractivity contribution is -0.108. The normalized spacial score (nSPS) is 15.7. The first kappa shape index (κ1) is 19.4. The first-order chi connectivity index (χ1) is 14.1. The number of aldehydes is 1. The van der Waals surface area contributed by atoms with Gasteiger partial charge in [0.05, 0.1) is 11.7 Å². The molecule has 1 unspecified atom stereocenters. The molecule has 29 heavy (non-hydrogen) atoms. The lowest BCUT2D eigenvalue weighted by Crippen LogP contribution is -2.16. The number of allylic oxidation sites excluding steroid dienone is 1. The van der Waals surface area contributed by atoms with Crippen LogP contribution in [0.2, 0.25) is 5.15 Å². The number of aromatic nitrogens is 1. The van der Waals surface area contributed by atoms with Gasteiger partial charge in [-0.3, -0.25) is 0 Å². The molecule has 7 heteroatoms. The van der Waals surface area contributed by atoms with Gasteiger partial charge in [0.1, 0.15) is 33.7 Å². The summed E-state index contributed by atoms with van der Waals surface area (Å²) in [5.41, 5.74) is 3.38. The number of carbonyl (C=O) groups is 1. The summed E-state index contributed by atoms with van der Waals surface area (Å²) in [7, 11) is -2.51. The number of benzene rings is 2. The highest BCUT2D eigenvalue weighted by Gasteiger charge is 2.32.